The number of methoxy groups -OCH3 is 2. The molecule has 0 fully saturated rings. The summed E-state index contributed by atoms with van der Waals surface area (Å²) in [7, 11) is 2.94. The largest absolute Gasteiger partial charge is 0.492 e. The number of aromatic carboxylic acids is 1. The van der Waals surface area contributed by atoms with Crippen LogP contribution in [0.4, 0.5) is 0 Å². The van der Waals surface area contributed by atoms with Gasteiger partial charge in [-0.05, 0) is 48.5 Å². The minimum absolute atomic E-state index is 0.0765. The highest BCUT2D eigenvalue weighted by molar-refractivity contribution is 6.06. The van der Waals surface area contributed by atoms with Crippen molar-refractivity contribution in [3.63, 3.8) is 0 Å². The van der Waals surface area contributed by atoms with Crippen molar-refractivity contribution in [1.82, 2.24) is 0 Å². The highest BCUT2D eigenvalue weighted by Gasteiger charge is 2.32. The second-order valence-corrected chi connectivity index (χ2v) is 5.56. The van der Waals surface area contributed by atoms with Crippen molar-refractivity contribution in [2.75, 3.05) is 14.2 Å². The Labute approximate surface area is 128 Å². The summed E-state index contributed by atoms with van der Waals surface area (Å²) in [4.78, 5) is 23.8. The molecule has 0 saturated heterocycles. The second kappa shape index (κ2) is 5.48. The lowest BCUT2D eigenvalue weighted by atomic mass is 9.93. The number of carboxylic acids is 1. The van der Waals surface area contributed by atoms with Crippen LogP contribution < -0.4 is 9.47 Å². The van der Waals surface area contributed by atoms with E-state index in [1.807, 2.05) is 0 Å². The van der Waals surface area contributed by atoms with Crippen molar-refractivity contribution in [2.45, 2.75) is 32.1 Å². The lowest BCUT2D eigenvalue weighted by Gasteiger charge is -2.19. The van der Waals surface area contributed by atoms with Crippen LogP contribution in [-0.4, -0.2) is 31.1 Å². The summed E-state index contributed by atoms with van der Waals surface area (Å²) >= 11 is 0. The number of hydrogen-bond donors (Lipinski definition) is 1. The van der Waals surface area contributed by atoms with Crippen LogP contribution in [0.3, 0.4) is 0 Å². The Morgan fingerprint density at radius 3 is 2.36 bits per heavy atom. The molecule has 0 aromatic heterocycles. The van der Waals surface area contributed by atoms with Crippen molar-refractivity contribution in [3.8, 4) is 11.5 Å². The fourth-order valence-corrected chi connectivity index (χ4v) is 3.50. The molecule has 116 valence electrons. The van der Waals surface area contributed by atoms with E-state index in [0.29, 0.717) is 18.6 Å². The number of Topliss-reactive ketones (excluding diaryl/α,β-unsaturated/α-hetero) is 1. The number of ether oxygens (including phenoxy) is 2. The van der Waals surface area contributed by atoms with Gasteiger partial charge in [-0.2, -0.15) is 0 Å². The van der Waals surface area contributed by atoms with Gasteiger partial charge in [-0.1, -0.05) is 0 Å². The summed E-state index contributed by atoms with van der Waals surface area (Å²) in [6.07, 6.45) is 3.50. The van der Waals surface area contributed by atoms with Crippen molar-refractivity contribution in [1.29, 1.82) is 0 Å². The number of fused-ring (bicyclic) bond motifs is 2. The van der Waals surface area contributed by atoms with Gasteiger partial charge in [0.05, 0.1) is 14.2 Å². The van der Waals surface area contributed by atoms with Crippen LogP contribution >= 0.6 is 0 Å². The van der Waals surface area contributed by atoms with Gasteiger partial charge in [0.25, 0.3) is 0 Å². The molecular formula is C17H18O5. The van der Waals surface area contributed by atoms with Gasteiger partial charge in [0.2, 0.25) is 0 Å². The van der Waals surface area contributed by atoms with E-state index in [1.54, 1.807) is 6.07 Å². The number of aryl methyl sites for hydroxylation is 1. The van der Waals surface area contributed by atoms with Crippen molar-refractivity contribution in [3.05, 3.63) is 28.3 Å². The fourth-order valence-electron chi connectivity index (χ4n) is 3.50. The third kappa shape index (κ3) is 2.08. The summed E-state index contributed by atoms with van der Waals surface area (Å²) in [6.45, 7) is 0. The Kier molecular flexibility index (Phi) is 3.64. The summed E-state index contributed by atoms with van der Waals surface area (Å²) in [5.41, 5.74) is 3.68. The molecule has 1 N–H and O–H groups in total. The molecule has 5 heteroatoms. The number of carboxylic acid groups (broad SMARTS) is 1. The Balaban J connectivity index is 2.34. The molecule has 1 aromatic carbocycles. The van der Waals surface area contributed by atoms with Crippen molar-refractivity contribution >= 4 is 17.3 Å². The van der Waals surface area contributed by atoms with Gasteiger partial charge < -0.3 is 14.6 Å². The van der Waals surface area contributed by atoms with Gasteiger partial charge in [0.1, 0.15) is 5.56 Å². The molecule has 5 nitrogen and oxygen atoms in total. The topological polar surface area (TPSA) is 72.8 Å². The van der Waals surface area contributed by atoms with E-state index in [0.717, 1.165) is 41.5 Å². The maximum Gasteiger partial charge on any atom is 0.339 e. The number of ketones is 1. The van der Waals surface area contributed by atoms with Crippen LogP contribution in [0, 0.1) is 0 Å². The van der Waals surface area contributed by atoms with Gasteiger partial charge >= 0.3 is 5.97 Å². The number of benzene rings is 1. The van der Waals surface area contributed by atoms with Gasteiger partial charge in [-0.15, -0.1) is 0 Å². The average molecular weight is 302 g/mol. The van der Waals surface area contributed by atoms with E-state index in [2.05, 4.69) is 0 Å². The highest BCUT2D eigenvalue weighted by Crippen LogP contribution is 2.47. The lowest BCUT2D eigenvalue weighted by Crippen LogP contribution is -2.07. The zero-order valence-corrected chi connectivity index (χ0v) is 12.7. The molecule has 2 aliphatic rings. The number of carbonyl (C=O) groups is 2. The van der Waals surface area contributed by atoms with Gasteiger partial charge in [-0.3, -0.25) is 4.79 Å². The zero-order chi connectivity index (χ0) is 15.9. The molecule has 0 amide bonds. The standard InChI is InChI=1S/C17H18O5/c1-21-15-12(17(19)20)8-9-6-7-13(18)10-4-3-5-11(10)14(9)16(15)22-2/h8H,3-7H2,1-2H3,(H,19,20). The summed E-state index contributed by atoms with van der Waals surface area (Å²) < 4.78 is 10.8. The Morgan fingerprint density at radius 1 is 1.05 bits per heavy atom. The molecule has 0 aliphatic heterocycles. The molecule has 0 atom stereocenters. The van der Waals surface area contributed by atoms with Crippen LogP contribution in [0.2, 0.25) is 0 Å². The number of carbonyl (C=O) groups excluding carboxylic acids is 1. The van der Waals surface area contributed by atoms with Crippen molar-refractivity contribution in [2.24, 2.45) is 0 Å². The minimum atomic E-state index is -1.06. The molecular weight excluding hydrogens is 284 g/mol. The summed E-state index contributed by atoms with van der Waals surface area (Å²) in [6, 6.07) is 1.63. The first-order valence-corrected chi connectivity index (χ1v) is 7.35. The molecule has 0 bridgehead atoms. The van der Waals surface area contributed by atoms with Gasteiger partial charge in [0, 0.05) is 12.0 Å². The lowest BCUT2D eigenvalue weighted by molar-refractivity contribution is -0.115. The Hall–Kier alpha value is -2.30. The van der Waals surface area contributed by atoms with Crippen LogP contribution in [0.1, 0.15) is 47.2 Å². The number of hydrogen-bond acceptors (Lipinski definition) is 4. The Morgan fingerprint density at radius 2 is 1.73 bits per heavy atom. The van der Waals surface area contributed by atoms with E-state index < -0.39 is 5.97 Å². The fraction of sp³-hybridized carbons (Fsp3) is 0.412. The van der Waals surface area contributed by atoms with Gasteiger partial charge in [-0.25, -0.2) is 4.79 Å². The predicted octanol–water partition coefficient (Wildman–Crippen LogP) is 2.85. The molecule has 0 unspecified atom stereocenters. The monoisotopic (exact) mass is 302 g/mol. The second-order valence-electron chi connectivity index (χ2n) is 5.56. The quantitative estimate of drug-likeness (QED) is 0.929. The van der Waals surface area contributed by atoms with E-state index in [-0.39, 0.29) is 17.1 Å². The molecule has 22 heavy (non-hydrogen) atoms. The van der Waals surface area contributed by atoms with Crippen LogP contribution in [0.5, 0.6) is 11.5 Å². The third-order valence-electron chi connectivity index (χ3n) is 4.43. The van der Waals surface area contributed by atoms with Crippen molar-refractivity contribution < 1.29 is 24.2 Å². The van der Waals surface area contributed by atoms with E-state index in [1.165, 1.54) is 14.2 Å². The molecule has 1 aromatic rings. The smallest absolute Gasteiger partial charge is 0.339 e. The first-order valence-electron chi connectivity index (χ1n) is 7.35. The number of allylic oxidation sites excluding steroid dienone is 2. The number of rotatable bonds is 3. The molecule has 0 spiro atoms. The third-order valence-corrected chi connectivity index (χ3v) is 4.43. The predicted molar refractivity (Wildman–Crippen MR) is 80.6 cm³/mol. The zero-order valence-electron chi connectivity index (χ0n) is 12.7. The van der Waals surface area contributed by atoms with Crippen LogP contribution in [-0.2, 0) is 11.2 Å². The van der Waals surface area contributed by atoms with E-state index in [9.17, 15) is 14.7 Å². The summed E-state index contributed by atoms with van der Waals surface area (Å²) in [5.74, 6) is -0.237. The van der Waals surface area contributed by atoms with Gasteiger partial charge in [0.15, 0.2) is 17.3 Å². The molecule has 0 radical (unpaired) electrons. The first kappa shape index (κ1) is 14.6. The molecule has 2 aliphatic carbocycles. The highest BCUT2D eigenvalue weighted by atomic mass is 16.5. The molecule has 0 heterocycles. The minimum Gasteiger partial charge on any atom is -0.492 e. The van der Waals surface area contributed by atoms with Crippen LogP contribution in [0.15, 0.2) is 11.6 Å². The molecule has 3 rings (SSSR count). The maximum absolute atomic E-state index is 12.3. The van der Waals surface area contributed by atoms with Crippen LogP contribution in [0.25, 0.3) is 5.57 Å². The summed E-state index contributed by atoms with van der Waals surface area (Å²) in [5, 5.41) is 9.41. The van der Waals surface area contributed by atoms with E-state index >= 15 is 0 Å². The molecule has 0 saturated carbocycles. The Bertz CT molecular complexity index is 699. The average Bonchev–Trinajstić information content (AvgIpc) is 2.95. The first-order chi connectivity index (χ1) is 10.6. The SMILES string of the molecule is COc1c(C(=O)O)cc2c(c1OC)C1=C(CCC1)C(=O)CC2. The van der Waals surface area contributed by atoms with E-state index in [4.69, 9.17) is 9.47 Å². The normalized spacial score (nSPS) is 16.9. The maximum atomic E-state index is 12.3.